The fraction of sp³-hybridized carbons (Fsp3) is 0.0714. The number of rotatable bonds is 3. The van der Waals surface area contributed by atoms with Crippen molar-refractivity contribution in [1.29, 1.82) is 0 Å². The summed E-state index contributed by atoms with van der Waals surface area (Å²) in [7, 11) is 0. The van der Waals surface area contributed by atoms with E-state index < -0.39 is 5.97 Å². The third-order valence-corrected chi connectivity index (χ3v) is 6.19. The summed E-state index contributed by atoms with van der Waals surface area (Å²) in [5, 5.41) is 0. The highest BCUT2D eigenvalue weighted by atomic mass is 79.9. The number of hydrogen-bond acceptors (Lipinski definition) is 2. The molecule has 0 aliphatic carbocycles. The van der Waals surface area contributed by atoms with Crippen LogP contribution >= 0.6 is 59.4 Å². The van der Waals surface area contributed by atoms with Crippen LogP contribution in [0.4, 0.5) is 0 Å². The van der Waals surface area contributed by atoms with E-state index >= 15 is 0 Å². The van der Waals surface area contributed by atoms with E-state index in [1.165, 1.54) is 0 Å². The standard InChI is InChI=1S/C14H8Br3ClO2/c15-10-5-6-11(13(17)12(10)16)20-14(19)9-3-1-8(7-18)2-4-9/h1-6H,7H2. The molecule has 0 amide bonds. The van der Waals surface area contributed by atoms with Crippen molar-refractivity contribution in [2.45, 2.75) is 5.88 Å². The maximum atomic E-state index is 12.1. The molecule has 0 aliphatic rings. The largest absolute Gasteiger partial charge is 0.422 e. The molecule has 6 heteroatoms. The molecule has 0 fully saturated rings. The molecule has 0 saturated carbocycles. The zero-order valence-corrected chi connectivity index (χ0v) is 15.5. The summed E-state index contributed by atoms with van der Waals surface area (Å²) in [4.78, 5) is 12.1. The monoisotopic (exact) mass is 480 g/mol. The van der Waals surface area contributed by atoms with Gasteiger partial charge in [0.05, 0.1) is 10.0 Å². The summed E-state index contributed by atoms with van der Waals surface area (Å²) in [6.07, 6.45) is 0. The van der Waals surface area contributed by atoms with E-state index in [9.17, 15) is 4.79 Å². The first-order chi connectivity index (χ1) is 9.52. The minimum atomic E-state index is -0.416. The van der Waals surface area contributed by atoms with Crippen LogP contribution in [0.5, 0.6) is 5.75 Å². The molecule has 0 N–H and O–H groups in total. The maximum absolute atomic E-state index is 12.1. The Balaban J connectivity index is 2.21. The zero-order chi connectivity index (χ0) is 14.7. The van der Waals surface area contributed by atoms with E-state index in [0.717, 1.165) is 14.5 Å². The van der Waals surface area contributed by atoms with Gasteiger partial charge in [0.15, 0.2) is 0 Å². The second-order valence-electron chi connectivity index (χ2n) is 3.89. The summed E-state index contributed by atoms with van der Waals surface area (Å²) in [6, 6.07) is 10.5. The van der Waals surface area contributed by atoms with Gasteiger partial charge in [0.2, 0.25) is 0 Å². The highest BCUT2D eigenvalue weighted by Crippen LogP contribution is 2.38. The molecule has 0 radical (unpaired) electrons. The Labute approximate surface area is 146 Å². The van der Waals surface area contributed by atoms with Gasteiger partial charge in [-0.25, -0.2) is 4.79 Å². The second kappa shape index (κ2) is 7.07. The van der Waals surface area contributed by atoms with E-state index in [-0.39, 0.29) is 0 Å². The lowest BCUT2D eigenvalue weighted by molar-refractivity contribution is 0.0733. The molecule has 0 bridgehead atoms. The predicted octanol–water partition coefficient (Wildman–Crippen LogP) is 5.93. The van der Waals surface area contributed by atoms with Crippen LogP contribution in [0, 0.1) is 0 Å². The van der Waals surface area contributed by atoms with Crippen molar-refractivity contribution in [2.24, 2.45) is 0 Å². The first-order valence-electron chi connectivity index (χ1n) is 5.53. The molecule has 2 nitrogen and oxygen atoms in total. The molecule has 0 saturated heterocycles. The molecular formula is C14H8Br3ClO2. The summed E-state index contributed by atoms with van der Waals surface area (Å²) >= 11 is 15.9. The minimum Gasteiger partial charge on any atom is -0.422 e. The summed E-state index contributed by atoms with van der Waals surface area (Å²) in [6.45, 7) is 0. The first kappa shape index (κ1) is 16.0. The molecule has 0 atom stereocenters. The van der Waals surface area contributed by atoms with Gasteiger partial charge in [-0.15, -0.1) is 11.6 Å². The Kier molecular flexibility index (Phi) is 5.66. The van der Waals surface area contributed by atoms with Gasteiger partial charge in [0.25, 0.3) is 0 Å². The van der Waals surface area contributed by atoms with Gasteiger partial charge >= 0.3 is 5.97 Å². The molecule has 104 valence electrons. The lowest BCUT2D eigenvalue weighted by atomic mass is 10.1. The molecular weight excluding hydrogens is 475 g/mol. The van der Waals surface area contributed by atoms with E-state index in [0.29, 0.717) is 21.7 Å². The van der Waals surface area contributed by atoms with Gasteiger partial charge in [-0.3, -0.25) is 0 Å². The molecule has 2 aromatic rings. The molecule has 2 rings (SSSR count). The number of ether oxygens (including phenoxy) is 1. The molecule has 0 unspecified atom stereocenters. The Morgan fingerprint density at radius 1 is 1.00 bits per heavy atom. The number of halogens is 4. The fourth-order valence-electron chi connectivity index (χ4n) is 1.48. The summed E-state index contributed by atoms with van der Waals surface area (Å²) < 4.78 is 7.71. The average Bonchev–Trinajstić information content (AvgIpc) is 2.48. The van der Waals surface area contributed by atoms with Crippen LogP contribution in [-0.4, -0.2) is 5.97 Å². The van der Waals surface area contributed by atoms with Crippen LogP contribution in [-0.2, 0) is 5.88 Å². The van der Waals surface area contributed by atoms with Crippen LogP contribution in [0.25, 0.3) is 0 Å². The Morgan fingerprint density at radius 2 is 1.65 bits per heavy atom. The number of hydrogen-bond donors (Lipinski definition) is 0. The first-order valence-corrected chi connectivity index (χ1v) is 8.45. The van der Waals surface area contributed by atoms with Crippen molar-refractivity contribution in [1.82, 2.24) is 0 Å². The number of carbonyl (C=O) groups excluding carboxylic acids is 1. The van der Waals surface area contributed by atoms with Crippen LogP contribution in [0.2, 0.25) is 0 Å². The molecule has 0 aromatic heterocycles. The highest BCUT2D eigenvalue weighted by Gasteiger charge is 2.14. The Hall–Kier alpha value is -0.360. The molecule has 20 heavy (non-hydrogen) atoms. The normalized spacial score (nSPS) is 10.4. The lowest BCUT2D eigenvalue weighted by Gasteiger charge is -2.09. The number of benzene rings is 2. The third-order valence-electron chi connectivity index (χ3n) is 2.55. The average molecular weight is 483 g/mol. The molecule has 0 spiro atoms. The number of alkyl halides is 1. The van der Waals surface area contributed by atoms with Crippen LogP contribution < -0.4 is 4.74 Å². The van der Waals surface area contributed by atoms with Crippen molar-refractivity contribution in [3.8, 4) is 5.75 Å². The minimum absolute atomic E-state index is 0.416. The van der Waals surface area contributed by atoms with E-state index in [4.69, 9.17) is 16.3 Å². The Morgan fingerprint density at radius 3 is 2.25 bits per heavy atom. The van der Waals surface area contributed by atoms with Gasteiger partial charge in [-0.1, -0.05) is 12.1 Å². The second-order valence-corrected chi connectivity index (χ2v) is 6.60. The van der Waals surface area contributed by atoms with E-state index in [1.54, 1.807) is 36.4 Å². The molecule has 0 heterocycles. The van der Waals surface area contributed by atoms with Crippen LogP contribution in [0.3, 0.4) is 0 Å². The summed E-state index contributed by atoms with van der Waals surface area (Å²) in [5.41, 5.74) is 1.43. The van der Waals surface area contributed by atoms with Crippen molar-refractivity contribution in [3.05, 3.63) is 60.9 Å². The number of esters is 1. The zero-order valence-electron chi connectivity index (χ0n) is 10.00. The quantitative estimate of drug-likeness (QED) is 0.234. The van der Waals surface area contributed by atoms with Crippen molar-refractivity contribution < 1.29 is 9.53 Å². The van der Waals surface area contributed by atoms with Gasteiger partial charge in [0.1, 0.15) is 5.75 Å². The smallest absolute Gasteiger partial charge is 0.343 e. The highest BCUT2D eigenvalue weighted by molar-refractivity contribution is 9.14. The molecule has 2 aromatic carbocycles. The van der Waals surface area contributed by atoms with E-state index in [2.05, 4.69) is 47.8 Å². The van der Waals surface area contributed by atoms with E-state index in [1.807, 2.05) is 0 Å². The van der Waals surface area contributed by atoms with Crippen molar-refractivity contribution in [2.75, 3.05) is 0 Å². The SMILES string of the molecule is O=C(Oc1ccc(Br)c(Br)c1Br)c1ccc(CCl)cc1. The van der Waals surface area contributed by atoms with Gasteiger partial charge in [-0.05, 0) is 77.6 Å². The van der Waals surface area contributed by atoms with Gasteiger partial charge in [-0.2, -0.15) is 0 Å². The topological polar surface area (TPSA) is 26.3 Å². The van der Waals surface area contributed by atoms with Gasteiger partial charge in [0, 0.05) is 14.8 Å². The Bertz CT molecular complexity index is 642. The van der Waals surface area contributed by atoms with Crippen molar-refractivity contribution in [3.63, 3.8) is 0 Å². The summed E-state index contributed by atoms with van der Waals surface area (Å²) in [5.74, 6) is 0.452. The predicted molar refractivity (Wildman–Crippen MR) is 90.5 cm³/mol. The van der Waals surface area contributed by atoms with Gasteiger partial charge < -0.3 is 4.74 Å². The maximum Gasteiger partial charge on any atom is 0.343 e. The third kappa shape index (κ3) is 3.64. The van der Waals surface area contributed by atoms with Crippen LogP contribution in [0.1, 0.15) is 15.9 Å². The van der Waals surface area contributed by atoms with Crippen molar-refractivity contribution >= 4 is 65.4 Å². The number of carbonyl (C=O) groups is 1. The fourth-order valence-corrected chi connectivity index (χ4v) is 3.00. The molecule has 0 aliphatic heterocycles. The lowest BCUT2D eigenvalue weighted by Crippen LogP contribution is -2.09. The van der Waals surface area contributed by atoms with Crippen LogP contribution in [0.15, 0.2) is 49.8 Å².